The van der Waals surface area contributed by atoms with Crippen LogP contribution in [-0.2, 0) is 0 Å². The molecule has 0 aliphatic carbocycles. The standard InChI is InChI=1S/2C9H11Br/c1-7(2)8-3-5-9(10)6-4-8;1-7(2)8-5-3-4-6-9(8)10/h2*3-7H,1-2H3. The molecular formula is C18H22Br2. The third-order valence-electron chi connectivity index (χ3n) is 3.06. The number of rotatable bonds is 2. The van der Waals surface area contributed by atoms with E-state index in [0.717, 1.165) is 4.47 Å². The van der Waals surface area contributed by atoms with Crippen molar-refractivity contribution in [2.75, 3.05) is 0 Å². The molecule has 0 nitrogen and oxygen atoms in total. The average molecular weight is 398 g/mol. The number of benzene rings is 2. The topological polar surface area (TPSA) is 0 Å². The van der Waals surface area contributed by atoms with E-state index in [9.17, 15) is 0 Å². The minimum atomic E-state index is 0.607. The van der Waals surface area contributed by atoms with Gasteiger partial charge in [-0.05, 0) is 41.2 Å². The molecule has 0 N–H and O–H groups in total. The van der Waals surface area contributed by atoms with Crippen molar-refractivity contribution < 1.29 is 0 Å². The highest BCUT2D eigenvalue weighted by Crippen LogP contribution is 2.23. The monoisotopic (exact) mass is 396 g/mol. The largest absolute Gasteiger partial charge is 0.0619 e. The summed E-state index contributed by atoms with van der Waals surface area (Å²) >= 11 is 6.89. The van der Waals surface area contributed by atoms with E-state index in [-0.39, 0.29) is 0 Å². The maximum atomic E-state index is 3.50. The van der Waals surface area contributed by atoms with Crippen molar-refractivity contribution in [1.29, 1.82) is 0 Å². The Morgan fingerprint density at radius 2 is 1.25 bits per heavy atom. The lowest BCUT2D eigenvalue weighted by molar-refractivity contribution is 0.861. The number of halogens is 2. The Balaban J connectivity index is 0.000000200. The molecule has 0 amide bonds. The Labute approximate surface area is 139 Å². The normalized spacial score (nSPS) is 10.4. The molecule has 0 aliphatic rings. The van der Waals surface area contributed by atoms with Crippen molar-refractivity contribution in [3.8, 4) is 0 Å². The second-order valence-corrected chi connectivity index (χ2v) is 7.15. The first-order chi connectivity index (χ1) is 9.41. The van der Waals surface area contributed by atoms with Crippen LogP contribution in [0.15, 0.2) is 57.5 Å². The summed E-state index contributed by atoms with van der Waals surface area (Å²) < 4.78 is 2.36. The maximum absolute atomic E-state index is 3.50. The highest BCUT2D eigenvalue weighted by atomic mass is 79.9. The van der Waals surface area contributed by atoms with E-state index < -0.39 is 0 Å². The van der Waals surface area contributed by atoms with Crippen LogP contribution < -0.4 is 0 Å². The second-order valence-electron chi connectivity index (χ2n) is 5.38. The van der Waals surface area contributed by atoms with Crippen molar-refractivity contribution in [1.82, 2.24) is 0 Å². The van der Waals surface area contributed by atoms with Crippen molar-refractivity contribution in [3.63, 3.8) is 0 Å². The predicted octanol–water partition coefficient (Wildman–Crippen LogP) is 7.15. The van der Waals surface area contributed by atoms with Crippen LogP contribution in [-0.4, -0.2) is 0 Å². The Morgan fingerprint density at radius 1 is 0.700 bits per heavy atom. The summed E-state index contributed by atoms with van der Waals surface area (Å²) in [6.07, 6.45) is 0. The Kier molecular flexibility index (Phi) is 7.53. The lowest BCUT2D eigenvalue weighted by Crippen LogP contribution is -1.86. The van der Waals surface area contributed by atoms with Crippen LogP contribution >= 0.6 is 31.9 Å². The fourth-order valence-corrected chi connectivity index (χ4v) is 2.80. The van der Waals surface area contributed by atoms with Crippen LogP contribution in [0, 0.1) is 0 Å². The van der Waals surface area contributed by atoms with E-state index in [2.05, 4.69) is 102 Å². The summed E-state index contributed by atoms with van der Waals surface area (Å²) in [5, 5.41) is 0. The number of hydrogen-bond acceptors (Lipinski definition) is 0. The lowest BCUT2D eigenvalue weighted by Gasteiger charge is -2.06. The molecule has 0 aliphatic heterocycles. The van der Waals surface area contributed by atoms with Gasteiger partial charge >= 0.3 is 0 Å². The molecule has 2 aromatic carbocycles. The minimum Gasteiger partial charge on any atom is -0.0619 e. The van der Waals surface area contributed by atoms with Gasteiger partial charge in [-0.3, -0.25) is 0 Å². The van der Waals surface area contributed by atoms with Gasteiger partial charge in [-0.15, -0.1) is 0 Å². The molecule has 0 aromatic heterocycles. The van der Waals surface area contributed by atoms with E-state index in [1.165, 1.54) is 15.6 Å². The van der Waals surface area contributed by atoms with Gasteiger partial charge in [0.15, 0.2) is 0 Å². The van der Waals surface area contributed by atoms with Crippen LogP contribution in [0.3, 0.4) is 0 Å². The van der Waals surface area contributed by atoms with Gasteiger partial charge in [-0.1, -0.05) is 89.9 Å². The summed E-state index contributed by atoms with van der Waals surface area (Å²) in [7, 11) is 0. The van der Waals surface area contributed by atoms with Gasteiger partial charge in [0.1, 0.15) is 0 Å². The van der Waals surface area contributed by atoms with E-state index in [4.69, 9.17) is 0 Å². The van der Waals surface area contributed by atoms with Crippen molar-refractivity contribution in [2.24, 2.45) is 0 Å². The molecule has 0 fully saturated rings. The Morgan fingerprint density at radius 3 is 1.65 bits per heavy atom. The highest BCUT2D eigenvalue weighted by molar-refractivity contribution is 9.10. The SMILES string of the molecule is CC(C)c1ccc(Br)cc1.CC(C)c1ccccc1Br. The van der Waals surface area contributed by atoms with Crippen LogP contribution in [0.1, 0.15) is 50.7 Å². The molecule has 0 spiro atoms. The summed E-state index contributed by atoms with van der Waals surface area (Å²) in [5.74, 6) is 1.24. The fraction of sp³-hybridized carbons (Fsp3) is 0.333. The molecule has 0 atom stereocenters. The summed E-state index contributed by atoms with van der Waals surface area (Å²) in [5.41, 5.74) is 2.77. The summed E-state index contributed by atoms with van der Waals surface area (Å²) in [6.45, 7) is 8.78. The smallest absolute Gasteiger partial charge is 0.0209 e. The van der Waals surface area contributed by atoms with Gasteiger partial charge < -0.3 is 0 Å². The molecule has 0 bridgehead atoms. The number of hydrogen-bond donors (Lipinski definition) is 0. The van der Waals surface area contributed by atoms with Crippen molar-refractivity contribution >= 4 is 31.9 Å². The summed E-state index contributed by atoms with van der Waals surface area (Å²) in [6, 6.07) is 16.8. The van der Waals surface area contributed by atoms with Crippen molar-refractivity contribution in [3.05, 3.63) is 68.6 Å². The molecule has 108 valence electrons. The molecular weight excluding hydrogens is 376 g/mol. The predicted molar refractivity (Wildman–Crippen MR) is 96.5 cm³/mol. The third kappa shape index (κ3) is 5.80. The molecule has 2 heteroatoms. The zero-order valence-electron chi connectivity index (χ0n) is 12.5. The fourth-order valence-electron chi connectivity index (χ4n) is 1.79. The average Bonchev–Trinajstić information content (AvgIpc) is 2.40. The van der Waals surface area contributed by atoms with Gasteiger partial charge in [-0.2, -0.15) is 0 Å². The quantitative estimate of drug-likeness (QED) is 0.504. The molecule has 20 heavy (non-hydrogen) atoms. The van der Waals surface area contributed by atoms with E-state index >= 15 is 0 Å². The molecule has 2 rings (SSSR count). The molecule has 0 radical (unpaired) electrons. The van der Waals surface area contributed by atoms with E-state index in [0.29, 0.717) is 11.8 Å². The molecule has 0 heterocycles. The van der Waals surface area contributed by atoms with Gasteiger partial charge in [-0.25, -0.2) is 0 Å². The minimum absolute atomic E-state index is 0.607. The van der Waals surface area contributed by atoms with Crippen LogP contribution in [0.2, 0.25) is 0 Å². The van der Waals surface area contributed by atoms with Gasteiger partial charge in [0.05, 0.1) is 0 Å². The first-order valence-electron chi connectivity index (χ1n) is 6.91. The molecule has 0 saturated carbocycles. The first kappa shape index (κ1) is 17.5. The molecule has 0 unspecified atom stereocenters. The molecule has 2 aromatic rings. The zero-order chi connectivity index (χ0) is 15.1. The van der Waals surface area contributed by atoms with Crippen LogP contribution in [0.5, 0.6) is 0 Å². The third-order valence-corrected chi connectivity index (χ3v) is 4.31. The lowest BCUT2D eigenvalue weighted by atomic mass is 10.0. The van der Waals surface area contributed by atoms with E-state index in [1.54, 1.807) is 0 Å². The highest BCUT2D eigenvalue weighted by Gasteiger charge is 2.00. The zero-order valence-corrected chi connectivity index (χ0v) is 15.7. The van der Waals surface area contributed by atoms with Gasteiger partial charge in [0.2, 0.25) is 0 Å². The van der Waals surface area contributed by atoms with Gasteiger partial charge in [0, 0.05) is 8.95 Å². The first-order valence-corrected chi connectivity index (χ1v) is 8.50. The maximum Gasteiger partial charge on any atom is 0.0209 e. The van der Waals surface area contributed by atoms with Crippen molar-refractivity contribution in [2.45, 2.75) is 39.5 Å². The Bertz CT molecular complexity index is 513. The second kappa shape index (κ2) is 8.63. The van der Waals surface area contributed by atoms with Crippen LogP contribution in [0.4, 0.5) is 0 Å². The Hall–Kier alpha value is -0.600. The summed E-state index contributed by atoms with van der Waals surface area (Å²) in [4.78, 5) is 0. The van der Waals surface area contributed by atoms with Crippen LogP contribution in [0.25, 0.3) is 0 Å². The van der Waals surface area contributed by atoms with E-state index in [1.807, 2.05) is 6.07 Å². The van der Waals surface area contributed by atoms with Gasteiger partial charge in [0.25, 0.3) is 0 Å². The molecule has 0 saturated heterocycles.